The third-order valence-corrected chi connectivity index (χ3v) is 6.36. The van der Waals surface area contributed by atoms with Crippen LogP contribution in [0.5, 0.6) is 5.88 Å². The molecule has 0 aliphatic carbocycles. The Kier molecular flexibility index (Phi) is 6.46. The van der Waals surface area contributed by atoms with Crippen LogP contribution in [-0.4, -0.2) is 43.8 Å². The van der Waals surface area contributed by atoms with Crippen molar-refractivity contribution in [1.82, 2.24) is 19.7 Å². The van der Waals surface area contributed by atoms with Gasteiger partial charge in [0.1, 0.15) is 17.2 Å². The van der Waals surface area contributed by atoms with Gasteiger partial charge in [0, 0.05) is 16.5 Å². The molecule has 0 amide bonds. The Labute approximate surface area is 225 Å². The van der Waals surface area contributed by atoms with Crippen molar-refractivity contribution in [2.75, 3.05) is 7.11 Å². The van der Waals surface area contributed by atoms with Gasteiger partial charge in [-0.1, -0.05) is 23.7 Å². The second-order valence-corrected chi connectivity index (χ2v) is 8.85. The number of alkyl halides is 3. The second-order valence-electron chi connectivity index (χ2n) is 8.45. The van der Waals surface area contributed by atoms with E-state index in [-0.39, 0.29) is 39.0 Å². The minimum Gasteiger partial charge on any atom is -0.493 e. The van der Waals surface area contributed by atoms with Crippen LogP contribution in [0.3, 0.4) is 0 Å². The van der Waals surface area contributed by atoms with Crippen LogP contribution >= 0.6 is 11.6 Å². The van der Waals surface area contributed by atoms with Crippen LogP contribution in [0.25, 0.3) is 33.4 Å². The van der Waals surface area contributed by atoms with Crippen LogP contribution in [0.15, 0.2) is 59.4 Å². The lowest BCUT2D eigenvalue weighted by molar-refractivity contribution is -0.137. The number of carbonyl (C=O) groups excluding carboxylic acids is 2. The highest BCUT2D eigenvalue weighted by Gasteiger charge is 2.37. The minimum absolute atomic E-state index is 0.0732. The highest BCUT2D eigenvalue weighted by molar-refractivity contribution is 6.34. The standard InChI is InChI=1S/C26H15ClF4N4O5/c1-40-24(38)12-6-7-13(17(28)9-12)21-14-8-5-11(20-22(36)33-25(39)32-20)10-18(14)35(34-21)23(37)19-15(26(29,30)31)3-2-4-16(19)27/h2-10,36H,1H3,(H2,32,33,39). The zero-order valence-electron chi connectivity index (χ0n) is 20.1. The van der Waals surface area contributed by atoms with E-state index in [2.05, 4.69) is 19.8 Å². The van der Waals surface area contributed by atoms with Gasteiger partial charge in [-0.25, -0.2) is 14.0 Å². The molecule has 0 aliphatic rings. The van der Waals surface area contributed by atoms with Crippen molar-refractivity contribution in [3.63, 3.8) is 0 Å². The average Bonchev–Trinajstić information content (AvgIpc) is 3.45. The quantitative estimate of drug-likeness (QED) is 0.195. The number of halogens is 5. The lowest BCUT2D eigenvalue weighted by Crippen LogP contribution is -2.20. The number of esters is 1. The lowest BCUT2D eigenvalue weighted by Gasteiger charge is -2.13. The predicted octanol–water partition coefficient (Wildman–Crippen LogP) is 5.38. The first-order valence-electron chi connectivity index (χ1n) is 11.2. The highest BCUT2D eigenvalue weighted by Crippen LogP contribution is 2.38. The molecule has 0 unspecified atom stereocenters. The van der Waals surface area contributed by atoms with Gasteiger partial charge in [-0.05, 0) is 42.5 Å². The average molecular weight is 575 g/mol. The second kappa shape index (κ2) is 9.68. The Bertz CT molecular complexity index is 1890. The molecule has 9 nitrogen and oxygen atoms in total. The monoisotopic (exact) mass is 574 g/mol. The van der Waals surface area contributed by atoms with Gasteiger partial charge < -0.3 is 14.8 Å². The van der Waals surface area contributed by atoms with Crippen LogP contribution in [0.4, 0.5) is 17.6 Å². The third kappa shape index (κ3) is 4.49. The maximum atomic E-state index is 15.2. The number of hydrogen-bond donors (Lipinski definition) is 3. The molecule has 0 bridgehead atoms. The van der Waals surface area contributed by atoms with Gasteiger partial charge in [-0.15, -0.1) is 0 Å². The number of rotatable bonds is 4. The summed E-state index contributed by atoms with van der Waals surface area (Å²) < 4.78 is 61.8. The van der Waals surface area contributed by atoms with Crippen LogP contribution in [0, 0.1) is 5.82 Å². The first-order valence-corrected chi connectivity index (χ1v) is 11.6. The molecule has 3 N–H and O–H groups in total. The molecular weight excluding hydrogens is 560 g/mol. The molecule has 14 heteroatoms. The molecule has 5 rings (SSSR count). The summed E-state index contributed by atoms with van der Waals surface area (Å²) >= 11 is 6.05. The SMILES string of the molecule is COC(=O)c1ccc(-c2nn(C(=O)c3c(Cl)cccc3C(F)(F)F)c3cc(-c4[nH]c(=O)[nH]c4O)ccc23)c(F)c1. The number of nitrogens with one attached hydrogen (secondary N) is 2. The smallest absolute Gasteiger partial charge is 0.417 e. The van der Waals surface area contributed by atoms with Gasteiger partial charge in [0.25, 0.3) is 5.91 Å². The van der Waals surface area contributed by atoms with Gasteiger partial charge in [0.2, 0.25) is 5.88 Å². The molecule has 0 radical (unpaired) electrons. The number of H-pyrrole nitrogens is 2. The van der Waals surface area contributed by atoms with Crippen LogP contribution in [0.2, 0.25) is 5.02 Å². The molecule has 0 saturated carbocycles. The number of aromatic hydroxyl groups is 1. The van der Waals surface area contributed by atoms with Gasteiger partial charge in [0.15, 0.2) is 0 Å². The maximum absolute atomic E-state index is 15.2. The van der Waals surface area contributed by atoms with Gasteiger partial charge in [-0.3, -0.25) is 9.78 Å². The molecule has 0 aliphatic heterocycles. The van der Waals surface area contributed by atoms with Gasteiger partial charge in [0.05, 0.1) is 34.3 Å². The van der Waals surface area contributed by atoms with Gasteiger partial charge in [-0.2, -0.15) is 23.0 Å². The van der Waals surface area contributed by atoms with Crippen molar-refractivity contribution in [3.8, 4) is 28.4 Å². The largest absolute Gasteiger partial charge is 0.493 e. The maximum Gasteiger partial charge on any atom is 0.417 e. The Hall–Kier alpha value is -4.91. The van der Waals surface area contributed by atoms with Crippen molar-refractivity contribution in [1.29, 1.82) is 0 Å². The molecule has 5 aromatic rings. The summed E-state index contributed by atoms with van der Waals surface area (Å²) in [7, 11) is 1.12. The summed E-state index contributed by atoms with van der Waals surface area (Å²) in [5.41, 5.74) is -3.38. The van der Waals surface area contributed by atoms with E-state index in [0.717, 1.165) is 25.3 Å². The number of aromatic amines is 2. The molecule has 0 saturated heterocycles. The Morgan fingerprint density at radius 1 is 1.07 bits per heavy atom. The number of ether oxygens (including phenoxy) is 1. The highest BCUT2D eigenvalue weighted by atomic mass is 35.5. The molecule has 0 spiro atoms. The molecule has 2 heterocycles. The molecule has 2 aromatic heterocycles. The van der Waals surface area contributed by atoms with Crippen molar-refractivity contribution >= 4 is 34.4 Å². The topological polar surface area (TPSA) is 130 Å². The summed E-state index contributed by atoms with van der Waals surface area (Å²) in [5, 5.41) is 13.9. The summed E-state index contributed by atoms with van der Waals surface area (Å²) in [5.74, 6) is -3.53. The van der Waals surface area contributed by atoms with Crippen LogP contribution in [0.1, 0.15) is 26.3 Å². The summed E-state index contributed by atoms with van der Waals surface area (Å²) in [6.07, 6.45) is -4.95. The lowest BCUT2D eigenvalue weighted by atomic mass is 10.0. The normalized spacial score (nSPS) is 11.7. The zero-order valence-corrected chi connectivity index (χ0v) is 20.8. The summed E-state index contributed by atoms with van der Waals surface area (Å²) in [4.78, 5) is 41.6. The number of benzene rings is 3. The van der Waals surface area contributed by atoms with E-state index >= 15 is 4.39 Å². The molecule has 0 atom stereocenters. The summed E-state index contributed by atoms with van der Waals surface area (Å²) in [6, 6.07) is 10.2. The van der Waals surface area contributed by atoms with E-state index in [1.807, 2.05) is 0 Å². The molecule has 3 aromatic carbocycles. The number of fused-ring (bicyclic) bond motifs is 1. The van der Waals surface area contributed by atoms with E-state index in [1.54, 1.807) is 0 Å². The Balaban J connectivity index is 1.79. The number of carbonyl (C=O) groups is 2. The van der Waals surface area contributed by atoms with Crippen molar-refractivity contribution in [2.45, 2.75) is 6.18 Å². The van der Waals surface area contributed by atoms with E-state index in [0.29, 0.717) is 10.7 Å². The van der Waals surface area contributed by atoms with Crippen molar-refractivity contribution < 1.29 is 37.0 Å². The van der Waals surface area contributed by atoms with Crippen LogP contribution in [-0.2, 0) is 10.9 Å². The van der Waals surface area contributed by atoms with E-state index < -0.39 is 51.6 Å². The Morgan fingerprint density at radius 2 is 1.82 bits per heavy atom. The Morgan fingerprint density at radius 3 is 2.45 bits per heavy atom. The summed E-state index contributed by atoms with van der Waals surface area (Å²) in [6.45, 7) is 0. The molecule has 0 fully saturated rings. The van der Waals surface area contributed by atoms with Crippen LogP contribution < -0.4 is 5.69 Å². The molecule has 40 heavy (non-hydrogen) atoms. The fourth-order valence-corrected chi connectivity index (χ4v) is 4.50. The van der Waals surface area contributed by atoms with Gasteiger partial charge >= 0.3 is 17.8 Å². The number of aromatic nitrogens is 4. The first-order chi connectivity index (χ1) is 18.9. The first kappa shape index (κ1) is 26.7. The van der Waals surface area contributed by atoms with Crippen molar-refractivity contribution in [3.05, 3.63) is 92.6 Å². The minimum atomic E-state index is -4.95. The zero-order chi connectivity index (χ0) is 28.9. The predicted molar refractivity (Wildman–Crippen MR) is 135 cm³/mol. The van der Waals surface area contributed by atoms with E-state index in [9.17, 15) is 32.7 Å². The third-order valence-electron chi connectivity index (χ3n) is 6.05. The fraction of sp³-hybridized carbons (Fsp3) is 0.0769. The van der Waals surface area contributed by atoms with E-state index in [1.165, 1.54) is 30.3 Å². The van der Waals surface area contributed by atoms with E-state index in [4.69, 9.17) is 11.6 Å². The molecular formula is C26H15ClF4N4O5. The van der Waals surface area contributed by atoms with Crippen molar-refractivity contribution in [2.24, 2.45) is 0 Å². The number of methoxy groups -OCH3 is 1. The number of nitrogens with zero attached hydrogens (tertiary/aromatic N) is 2. The molecule has 204 valence electrons. The fourth-order valence-electron chi connectivity index (χ4n) is 4.24. The number of hydrogen-bond acceptors (Lipinski definition) is 6. The number of imidazole rings is 1.